The van der Waals surface area contributed by atoms with Crippen molar-refractivity contribution in [2.24, 2.45) is 7.05 Å². The molecular formula is C22H27N3O. The molecule has 0 saturated heterocycles. The van der Waals surface area contributed by atoms with E-state index in [0.29, 0.717) is 13.0 Å². The molecule has 0 aliphatic carbocycles. The summed E-state index contributed by atoms with van der Waals surface area (Å²) in [6.45, 7) is 8.82. The zero-order valence-corrected chi connectivity index (χ0v) is 16.3. The highest BCUT2D eigenvalue weighted by molar-refractivity contribution is 5.90. The Morgan fingerprint density at radius 1 is 1.12 bits per heavy atom. The number of aryl methyl sites for hydroxylation is 2. The topological polar surface area (TPSA) is 38.1 Å². The SMILES string of the molecule is Cc1nn(C)c(C)c1CN(C(=O)Cc1cccc2ccccc12)C(C)C. The number of carbonyl (C=O) groups excluding carboxylic acids is 1. The summed E-state index contributed by atoms with van der Waals surface area (Å²) in [5.74, 6) is 0.152. The van der Waals surface area contributed by atoms with Crippen molar-refractivity contribution in [1.29, 1.82) is 0 Å². The first kappa shape index (κ1) is 18.2. The molecule has 1 aromatic heterocycles. The van der Waals surface area contributed by atoms with Crippen molar-refractivity contribution in [1.82, 2.24) is 14.7 Å². The molecule has 0 saturated carbocycles. The molecule has 0 aliphatic heterocycles. The Kier molecular flexibility index (Phi) is 5.12. The fourth-order valence-electron chi connectivity index (χ4n) is 3.49. The number of nitrogens with zero attached hydrogens (tertiary/aromatic N) is 3. The van der Waals surface area contributed by atoms with Crippen LogP contribution in [0.3, 0.4) is 0 Å². The highest BCUT2D eigenvalue weighted by Gasteiger charge is 2.21. The van der Waals surface area contributed by atoms with Crippen molar-refractivity contribution < 1.29 is 4.79 Å². The van der Waals surface area contributed by atoms with Crippen molar-refractivity contribution in [3.8, 4) is 0 Å². The summed E-state index contributed by atoms with van der Waals surface area (Å²) in [5, 5.41) is 6.81. The fraction of sp³-hybridized carbons (Fsp3) is 0.364. The van der Waals surface area contributed by atoms with E-state index in [9.17, 15) is 4.79 Å². The van der Waals surface area contributed by atoms with Gasteiger partial charge in [-0.2, -0.15) is 5.10 Å². The summed E-state index contributed by atoms with van der Waals surface area (Å²) in [6.07, 6.45) is 0.415. The molecule has 0 N–H and O–H groups in total. The lowest BCUT2D eigenvalue weighted by atomic mass is 10.0. The van der Waals surface area contributed by atoms with Gasteiger partial charge in [0.15, 0.2) is 0 Å². The summed E-state index contributed by atoms with van der Waals surface area (Å²) in [6, 6.07) is 14.5. The van der Waals surface area contributed by atoms with Gasteiger partial charge in [0.25, 0.3) is 0 Å². The van der Waals surface area contributed by atoms with Crippen LogP contribution in [0.5, 0.6) is 0 Å². The van der Waals surface area contributed by atoms with Gasteiger partial charge < -0.3 is 4.90 Å². The fourth-order valence-corrected chi connectivity index (χ4v) is 3.49. The van der Waals surface area contributed by atoms with Gasteiger partial charge in [0, 0.05) is 30.9 Å². The maximum Gasteiger partial charge on any atom is 0.227 e. The van der Waals surface area contributed by atoms with Gasteiger partial charge in [0.2, 0.25) is 5.91 Å². The van der Waals surface area contributed by atoms with Gasteiger partial charge >= 0.3 is 0 Å². The summed E-state index contributed by atoms with van der Waals surface area (Å²) in [4.78, 5) is 15.1. The number of hydrogen-bond donors (Lipinski definition) is 0. The Hall–Kier alpha value is -2.62. The zero-order valence-electron chi connectivity index (χ0n) is 16.3. The van der Waals surface area contributed by atoms with Crippen LogP contribution < -0.4 is 0 Å². The molecule has 4 heteroatoms. The first-order valence-electron chi connectivity index (χ1n) is 9.13. The van der Waals surface area contributed by atoms with Crippen molar-refractivity contribution in [3.63, 3.8) is 0 Å². The molecular weight excluding hydrogens is 322 g/mol. The zero-order chi connectivity index (χ0) is 18.8. The molecule has 3 rings (SSSR count). The third-order valence-corrected chi connectivity index (χ3v) is 5.15. The van der Waals surface area contributed by atoms with E-state index in [2.05, 4.69) is 50.1 Å². The molecule has 26 heavy (non-hydrogen) atoms. The van der Waals surface area contributed by atoms with E-state index >= 15 is 0 Å². The second-order valence-corrected chi connectivity index (χ2v) is 7.20. The summed E-state index contributed by atoms with van der Waals surface area (Å²) in [7, 11) is 1.95. The molecule has 4 nitrogen and oxygen atoms in total. The van der Waals surface area contributed by atoms with Crippen LogP contribution in [0.2, 0.25) is 0 Å². The highest BCUT2D eigenvalue weighted by Crippen LogP contribution is 2.21. The van der Waals surface area contributed by atoms with Gasteiger partial charge in [-0.25, -0.2) is 0 Å². The van der Waals surface area contributed by atoms with Crippen LogP contribution in [-0.2, 0) is 24.8 Å². The quantitative estimate of drug-likeness (QED) is 0.693. The minimum atomic E-state index is 0.136. The standard InChI is InChI=1S/C22H27N3O/c1-15(2)25(14-21-16(3)23-24(5)17(21)4)22(26)13-19-11-8-10-18-9-6-7-12-20(18)19/h6-12,15H,13-14H2,1-5H3. The summed E-state index contributed by atoms with van der Waals surface area (Å²) < 4.78 is 1.89. The van der Waals surface area contributed by atoms with Gasteiger partial charge in [0.1, 0.15) is 0 Å². The lowest BCUT2D eigenvalue weighted by Gasteiger charge is -2.27. The van der Waals surface area contributed by atoms with Gasteiger partial charge in [-0.3, -0.25) is 9.48 Å². The molecule has 136 valence electrons. The van der Waals surface area contributed by atoms with Crippen molar-refractivity contribution >= 4 is 16.7 Å². The van der Waals surface area contributed by atoms with Crippen molar-refractivity contribution in [2.75, 3.05) is 0 Å². The Morgan fingerprint density at radius 3 is 2.46 bits per heavy atom. The second-order valence-electron chi connectivity index (χ2n) is 7.20. The number of carbonyl (C=O) groups is 1. The highest BCUT2D eigenvalue weighted by atomic mass is 16.2. The Morgan fingerprint density at radius 2 is 1.81 bits per heavy atom. The lowest BCUT2D eigenvalue weighted by molar-refractivity contribution is -0.132. The molecule has 0 spiro atoms. The molecule has 0 atom stereocenters. The van der Waals surface area contributed by atoms with Crippen LogP contribution in [-0.4, -0.2) is 26.6 Å². The predicted octanol–water partition coefficient (Wildman–Crippen LogP) is 4.17. The number of rotatable bonds is 5. The first-order valence-corrected chi connectivity index (χ1v) is 9.13. The smallest absolute Gasteiger partial charge is 0.227 e. The number of amides is 1. The van der Waals surface area contributed by atoms with Crippen molar-refractivity contribution in [3.05, 3.63) is 65.0 Å². The summed E-state index contributed by atoms with van der Waals surface area (Å²) in [5.41, 5.74) is 4.34. The van der Waals surface area contributed by atoms with Crippen LogP contribution in [0.25, 0.3) is 10.8 Å². The third-order valence-electron chi connectivity index (χ3n) is 5.15. The average molecular weight is 349 g/mol. The van der Waals surface area contributed by atoms with E-state index < -0.39 is 0 Å². The first-order chi connectivity index (χ1) is 12.4. The van der Waals surface area contributed by atoms with E-state index in [-0.39, 0.29) is 11.9 Å². The minimum absolute atomic E-state index is 0.136. The second kappa shape index (κ2) is 7.32. The van der Waals surface area contributed by atoms with Gasteiger partial charge in [-0.05, 0) is 44.0 Å². The molecule has 2 aromatic carbocycles. The van der Waals surface area contributed by atoms with Crippen LogP contribution in [0.4, 0.5) is 0 Å². The molecule has 3 aromatic rings. The molecule has 0 aliphatic rings. The predicted molar refractivity (Wildman–Crippen MR) is 106 cm³/mol. The number of aromatic nitrogens is 2. The molecule has 1 heterocycles. The molecule has 0 unspecified atom stereocenters. The van der Waals surface area contributed by atoms with E-state index in [0.717, 1.165) is 27.9 Å². The van der Waals surface area contributed by atoms with Crippen molar-refractivity contribution in [2.45, 2.75) is 46.7 Å². The van der Waals surface area contributed by atoms with E-state index in [1.165, 1.54) is 5.39 Å². The average Bonchev–Trinajstić information content (AvgIpc) is 2.85. The number of fused-ring (bicyclic) bond motifs is 1. The minimum Gasteiger partial charge on any atom is -0.336 e. The largest absolute Gasteiger partial charge is 0.336 e. The Bertz CT molecular complexity index is 934. The van der Waals surface area contributed by atoms with E-state index in [4.69, 9.17) is 0 Å². The van der Waals surface area contributed by atoms with Gasteiger partial charge in [-0.15, -0.1) is 0 Å². The molecule has 1 amide bonds. The number of hydrogen-bond acceptors (Lipinski definition) is 2. The maximum absolute atomic E-state index is 13.1. The monoisotopic (exact) mass is 349 g/mol. The van der Waals surface area contributed by atoms with Crippen LogP contribution in [0, 0.1) is 13.8 Å². The summed E-state index contributed by atoms with van der Waals surface area (Å²) >= 11 is 0. The number of benzene rings is 2. The van der Waals surface area contributed by atoms with Crippen LogP contribution in [0.15, 0.2) is 42.5 Å². The van der Waals surface area contributed by atoms with Crippen LogP contribution >= 0.6 is 0 Å². The maximum atomic E-state index is 13.1. The third kappa shape index (κ3) is 3.50. The Labute approximate surface area is 155 Å². The van der Waals surface area contributed by atoms with E-state index in [1.54, 1.807) is 0 Å². The Balaban J connectivity index is 1.87. The molecule has 0 radical (unpaired) electrons. The van der Waals surface area contributed by atoms with E-state index in [1.807, 2.05) is 41.8 Å². The molecule has 0 fully saturated rings. The molecule has 0 bridgehead atoms. The van der Waals surface area contributed by atoms with Crippen LogP contribution in [0.1, 0.15) is 36.4 Å². The normalized spacial score (nSPS) is 11.3. The van der Waals surface area contributed by atoms with Gasteiger partial charge in [0.05, 0.1) is 12.1 Å². The lowest BCUT2D eigenvalue weighted by Crippen LogP contribution is -2.37. The van der Waals surface area contributed by atoms with Gasteiger partial charge in [-0.1, -0.05) is 42.5 Å².